The van der Waals surface area contributed by atoms with E-state index in [1.807, 2.05) is 25.3 Å². The Labute approximate surface area is 76.6 Å². The molecule has 0 aromatic carbocycles. The Balaban J connectivity index is 2.37. The first kappa shape index (κ1) is 9.51. The highest BCUT2D eigenvalue weighted by molar-refractivity contribution is 5.64. The molecule has 0 radical (unpaired) electrons. The molecule has 2 N–H and O–H groups in total. The Hall–Kier alpha value is -1.58. The van der Waals surface area contributed by atoms with E-state index in [1.54, 1.807) is 0 Å². The Morgan fingerprint density at radius 2 is 2.38 bits per heavy atom. The van der Waals surface area contributed by atoms with E-state index in [-0.39, 0.29) is 6.42 Å². The standard InChI is InChI=1S/C9H12N2O2/c1-7-2-3-8(11-6-7)10-5-4-9(12)13/h2-3,6H,4-5H2,1H3,(H,10,11)(H,12,13). The second-order valence-corrected chi connectivity index (χ2v) is 2.83. The SMILES string of the molecule is Cc1ccc(NCCC(=O)[O-])[nH+]c1. The molecule has 0 spiro atoms. The number of hydrogen-bond acceptors (Lipinski definition) is 3. The van der Waals surface area contributed by atoms with Crippen molar-refractivity contribution in [1.29, 1.82) is 0 Å². The summed E-state index contributed by atoms with van der Waals surface area (Å²) in [6.07, 6.45) is 1.86. The highest BCUT2D eigenvalue weighted by Gasteiger charge is 1.98. The van der Waals surface area contributed by atoms with Crippen molar-refractivity contribution in [3.05, 3.63) is 23.9 Å². The predicted octanol–water partition coefficient (Wildman–Crippen LogP) is -0.639. The monoisotopic (exact) mass is 180 g/mol. The van der Waals surface area contributed by atoms with Crippen LogP contribution in [0.15, 0.2) is 18.3 Å². The number of H-pyrrole nitrogens is 1. The zero-order chi connectivity index (χ0) is 9.68. The fourth-order valence-corrected chi connectivity index (χ4v) is 0.912. The van der Waals surface area contributed by atoms with Crippen LogP contribution in [0.5, 0.6) is 0 Å². The lowest BCUT2D eigenvalue weighted by atomic mass is 10.3. The number of aromatic nitrogens is 1. The highest BCUT2D eigenvalue weighted by Crippen LogP contribution is 1.98. The van der Waals surface area contributed by atoms with Crippen molar-refractivity contribution in [2.24, 2.45) is 0 Å². The fourth-order valence-electron chi connectivity index (χ4n) is 0.912. The van der Waals surface area contributed by atoms with Gasteiger partial charge in [-0.2, -0.15) is 0 Å². The highest BCUT2D eigenvalue weighted by atomic mass is 16.4. The van der Waals surface area contributed by atoms with Crippen molar-refractivity contribution < 1.29 is 14.9 Å². The number of nitrogens with one attached hydrogen (secondary N) is 2. The summed E-state index contributed by atoms with van der Waals surface area (Å²) in [5.41, 5.74) is 1.13. The molecule has 0 fully saturated rings. The molecule has 1 rings (SSSR count). The van der Waals surface area contributed by atoms with Crippen LogP contribution in [0.4, 0.5) is 5.82 Å². The maximum atomic E-state index is 10.1. The Morgan fingerprint density at radius 3 is 2.92 bits per heavy atom. The molecule has 4 heteroatoms. The number of carbonyl (C=O) groups excluding carboxylic acids is 1. The van der Waals surface area contributed by atoms with Gasteiger partial charge in [0.15, 0.2) is 0 Å². The van der Waals surface area contributed by atoms with Crippen molar-refractivity contribution >= 4 is 11.8 Å². The number of aromatic amines is 1. The van der Waals surface area contributed by atoms with E-state index < -0.39 is 5.97 Å². The van der Waals surface area contributed by atoms with Crippen LogP contribution in [0.3, 0.4) is 0 Å². The number of carbonyl (C=O) groups is 1. The summed E-state index contributed by atoms with van der Waals surface area (Å²) in [6, 6.07) is 3.81. The van der Waals surface area contributed by atoms with Crippen LogP contribution in [0.2, 0.25) is 0 Å². The van der Waals surface area contributed by atoms with E-state index in [1.165, 1.54) is 0 Å². The fraction of sp³-hybridized carbons (Fsp3) is 0.333. The zero-order valence-electron chi connectivity index (χ0n) is 7.46. The van der Waals surface area contributed by atoms with Gasteiger partial charge in [0.05, 0.1) is 12.7 Å². The lowest BCUT2D eigenvalue weighted by Crippen LogP contribution is -2.25. The normalized spacial score (nSPS) is 9.62. The smallest absolute Gasteiger partial charge is 0.272 e. The van der Waals surface area contributed by atoms with E-state index in [2.05, 4.69) is 10.3 Å². The van der Waals surface area contributed by atoms with Gasteiger partial charge in [-0.1, -0.05) is 0 Å². The minimum Gasteiger partial charge on any atom is -0.550 e. The summed E-state index contributed by atoms with van der Waals surface area (Å²) < 4.78 is 0. The van der Waals surface area contributed by atoms with E-state index in [9.17, 15) is 9.90 Å². The average molecular weight is 180 g/mol. The number of aryl methyl sites for hydroxylation is 1. The number of aliphatic carboxylic acids is 1. The Bertz CT molecular complexity index is 282. The van der Waals surface area contributed by atoms with Crippen LogP contribution in [-0.4, -0.2) is 12.5 Å². The molecule has 0 aliphatic carbocycles. The molecule has 0 aliphatic heterocycles. The summed E-state index contributed by atoms with van der Waals surface area (Å²) in [6.45, 7) is 2.35. The van der Waals surface area contributed by atoms with E-state index in [4.69, 9.17) is 0 Å². The van der Waals surface area contributed by atoms with Crippen molar-refractivity contribution in [1.82, 2.24) is 0 Å². The zero-order valence-corrected chi connectivity index (χ0v) is 7.46. The van der Waals surface area contributed by atoms with Gasteiger partial charge in [0.1, 0.15) is 0 Å². The molecular formula is C9H12N2O2. The third-order valence-corrected chi connectivity index (χ3v) is 1.61. The summed E-state index contributed by atoms with van der Waals surface area (Å²) in [5, 5.41) is 13.0. The molecule has 1 aromatic heterocycles. The number of pyridine rings is 1. The summed E-state index contributed by atoms with van der Waals surface area (Å²) >= 11 is 0. The molecule has 0 unspecified atom stereocenters. The Kier molecular flexibility index (Phi) is 3.25. The molecule has 0 saturated heterocycles. The minimum atomic E-state index is -1.04. The summed E-state index contributed by atoms with van der Waals surface area (Å²) in [5.74, 6) is -0.230. The van der Waals surface area contributed by atoms with Gasteiger partial charge in [-0.3, -0.25) is 5.32 Å². The van der Waals surface area contributed by atoms with E-state index >= 15 is 0 Å². The molecule has 0 aliphatic rings. The van der Waals surface area contributed by atoms with Gasteiger partial charge in [0.25, 0.3) is 5.82 Å². The van der Waals surface area contributed by atoms with Crippen LogP contribution in [0.1, 0.15) is 12.0 Å². The van der Waals surface area contributed by atoms with Crippen LogP contribution in [0.25, 0.3) is 0 Å². The van der Waals surface area contributed by atoms with Crippen LogP contribution < -0.4 is 15.4 Å². The van der Waals surface area contributed by atoms with Crippen LogP contribution in [-0.2, 0) is 4.79 Å². The summed E-state index contributed by atoms with van der Waals surface area (Å²) in [4.78, 5) is 13.1. The molecule has 0 saturated carbocycles. The maximum Gasteiger partial charge on any atom is 0.272 e. The first-order valence-electron chi connectivity index (χ1n) is 4.10. The Morgan fingerprint density at radius 1 is 1.62 bits per heavy atom. The molecule has 0 bridgehead atoms. The maximum absolute atomic E-state index is 10.1. The van der Waals surface area contributed by atoms with Crippen LogP contribution in [0, 0.1) is 6.92 Å². The van der Waals surface area contributed by atoms with Crippen molar-refractivity contribution in [2.45, 2.75) is 13.3 Å². The largest absolute Gasteiger partial charge is 0.550 e. The lowest BCUT2D eigenvalue weighted by molar-refractivity contribution is -0.361. The van der Waals surface area contributed by atoms with Crippen molar-refractivity contribution in [2.75, 3.05) is 11.9 Å². The van der Waals surface area contributed by atoms with E-state index in [0.29, 0.717) is 6.54 Å². The van der Waals surface area contributed by atoms with Crippen molar-refractivity contribution in [3.8, 4) is 0 Å². The number of carboxylic acid groups (broad SMARTS) is 1. The third kappa shape index (κ3) is 3.55. The average Bonchev–Trinajstić information content (AvgIpc) is 2.08. The van der Waals surface area contributed by atoms with Crippen molar-refractivity contribution in [3.63, 3.8) is 0 Å². The van der Waals surface area contributed by atoms with Gasteiger partial charge in [-0.25, -0.2) is 4.98 Å². The molecule has 0 atom stereocenters. The summed E-state index contributed by atoms with van der Waals surface area (Å²) in [7, 11) is 0. The van der Waals surface area contributed by atoms with Crippen LogP contribution >= 0.6 is 0 Å². The molecule has 4 nitrogen and oxygen atoms in total. The lowest BCUT2D eigenvalue weighted by Gasteiger charge is -1.99. The molecular weight excluding hydrogens is 168 g/mol. The van der Waals surface area contributed by atoms with Gasteiger partial charge in [-0.15, -0.1) is 0 Å². The third-order valence-electron chi connectivity index (χ3n) is 1.61. The predicted molar refractivity (Wildman–Crippen MR) is 45.8 cm³/mol. The molecule has 0 amide bonds. The van der Waals surface area contributed by atoms with Gasteiger partial charge < -0.3 is 9.90 Å². The van der Waals surface area contributed by atoms with E-state index in [0.717, 1.165) is 11.4 Å². The quantitative estimate of drug-likeness (QED) is 0.670. The van der Waals surface area contributed by atoms with Gasteiger partial charge >= 0.3 is 0 Å². The molecule has 70 valence electrons. The second kappa shape index (κ2) is 4.45. The minimum absolute atomic E-state index is 0.0156. The number of hydrogen-bond donors (Lipinski definition) is 1. The second-order valence-electron chi connectivity index (χ2n) is 2.83. The first-order chi connectivity index (χ1) is 6.18. The van der Waals surface area contributed by atoms with Gasteiger partial charge in [-0.05, 0) is 18.6 Å². The van der Waals surface area contributed by atoms with Gasteiger partial charge in [0, 0.05) is 18.5 Å². The number of carboxylic acids is 1. The number of rotatable bonds is 4. The molecule has 1 heterocycles. The first-order valence-corrected chi connectivity index (χ1v) is 4.10. The topological polar surface area (TPSA) is 66.3 Å². The number of anilines is 1. The molecule has 1 aromatic rings. The van der Waals surface area contributed by atoms with Gasteiger partial charge in [0.2, 0.25) is 0 Å². The molecule has 13 heavy (non-hydrogen) atoms.